The van der Waals surface area contributed by atoms with Gasteiger partial charge in [0.25, 0.3) is 0 Å². The van der Waals surface area contributed by atoms with Gasteiger partial charge in [-0.15, -0.1) is 0 Å². The lowest BCUT2D eigenvalue weighted by atomic mass is 10.0. The first-order valence-electron chi connectivity index (χ1n) is 8.62. The van der Waals surface area contributed by atoms with E-state index < -0.39 is 0 Å². The molecule has 0 radical (unpaired) electrons. The lowest BCUT2D eigenvalue weighted by molar-refractivity contribution is -0.116. The van der Waals surface area contributed by atoms with E-state index in [0.717, 1.165) is 22.1 Å². The predicted octanol–water partition coefficient (Wildman–Crippen LogP) is 3.81. The monoisotopic (exact) mass is 345 g/mol. The molecular formula is C22H19NO3. The van der Waals surface area contributed by atoms with E-state index in [1.54, 1.807) is 6.08 Å². The van der Waals surface area contributed by atoms with E-state index in [1.807, 2.05) is 54.6 Å². The third-order valence-corrected chi connectivity index (χ3v) is 4.31. The van der Waals surface area contributed by atoms with E-state index in [-0.39, 0.29) is 12.0 Å². The Morgan fingerprint density at radius 2 is 1.77 bits per heavy atom. The predicted molar refractivity (Wildman–Crippen MR) is 102 cm³/mol. The fourth-order valence-electron chi connectivity index (χ4n) is 3.00. The molecule has 1 aliphatic rings. The van der Waals surface area contributed by atoms with Crippen LogP contribution in [0.1, 0.15) is 5.56 Å². The van der Waals surface area contributed by atoms with Crippen LogP contribution in [0.5, 0.6) is 11.5 Å². The normalized spacial score (nSPS) is 15.9. The molecule has 1 N–H and O–H groups in total. The van der Waals surface area contributed by atoms with Gasteiger partial charge < -0.3 is 14.8 Å². The van der Waals surface area contributed by atoms with Gasteiger partial charge in [-0.05, 0) is 34.5 Å². The Morgan fingerprint density at radius 1 is 1.00 bits per heavy atom. The van der Waals surface area contributed by atoms with E-state index in [0.29, 0.717) is 18.9 Å². The number of ether oxygens (including phenoxy) is 2. The molecule has 0 saturated carbocycles. The average molecular weight is 345 g/mol. The number of rotatable bonds is 4. The Hall–Kier alpha value is -3.27. The minimum atomic E-state index is -0.195. The van der Waals surface area contributed by atoms with Crippen LogP contribution in [0.25, 0.3) is 16.8 Å². The Morgan fingerprint density at radius 3 is 2.69 bits per heavy atom. The van der Waals surface area contributed by atoms with Crippen LogP contribution < -0.4 is 14.8 Å². The summed E-state index contributed by atoms with van der Waals surface area (Å²) in [5.74, 6) is 1.30. The van der Waals surface area contributed by atoms with E-state index in [1.165, 1.54) is 0 Å². The first-order valence-corrected chi connectivity index (χ1v) is 8.62. The molecule has 4 heteroatoms. The summed E-state index contributed by atoms with van der Waals surface area (Å²) in [4.78, 5) is 12.1. The van der Waals surface area contributed by atoms with Crippen LogP contribution in [0.2, 0.25) is 0 Å². The highest BCUT2D eigenvalue weighted by atomic mass is 16.6. The van der Waals surface area contributed by atoms with Crippen molar-refractivity contribution in [2.45, 2.75) is 6.10 Å². The zero-order chi connectivity index (χ0) is 17.8. The van der Waals surface area contributed by atoms with Gasteiger partial charge in [-0.3, -0.25) is 4.79 Å². The summed E-state index contributed by atoms with van der Waals surface area (Å²) in [6.45, 7) is 0.817. The Balaban J connectivity index is 1.36. The van der Waals surface area contributed by atoms with Crippen molar-refractivity contribution < 1.29 is 14.3 Å². The number of benzene rings is 3. The third kappa shape index (κ3) is 3.54. The van der Waals surface area contributed by atoms with Crippen molar-refractivity contribution in [3.8, 4) is 11.5 Å². The van der Waals surface area contributed by atoms with Gasteiger partial charge in [-0.2, -0.15) is 0 Å². The standard InChI is InChI=1S/C22H19NO3/c24-22(13-12-17-8-5-7-16-6-1-2-9-19(16)17)23-14-18-15-25-20-10-3-4-11-21(20)26-18/h1-13,18H,14-15H2,(H,23,24). The summed E-state index contributed by atoms with van der Waals surface area (Å²) >= 11 is 0. The number of nitrogens with one attached hydrogen (secondary N) is 1. The van der Waals surface area contributed by atoms with Crippen LogP contribution in [-0.2, 0) is 4.79 Å². The second kappa shape index (κ2) is 7.31. The van der Waals surface area contributed by atoms with Gasteiger partial charge in [0, 0.05) is 6.08 Å². The maximum absolute atomic E-state index is 12.1. The fraction of sp³-hybridized carbons (Fsp3) is 0.136. The molecule has 1 aliphatic heterocycles. The molecule has 4 rings (SSSR count). The van der Waals surface area contributed by atoms with E-state index >= 15 is 0 Å². The average Bonchev–Trinajstić information content (AvgIpc) is 2.70. The largest absolute Gasteiger partial charge is 0.486 e. The molecule has 26 heavy (non-hydrogen) atoms. The number of amides is 1. The van der Waals surface area contributed by atoms with E-state index in [9.17, 15) is 4.79 Å². The highest BCUT2D eigenvalue weighted by molar-refractivity contribution is 5.96. The minimum Gasteiger partial charge on any atom is -0.486 e. The number of fused-ring (bicyclic) bond motifs is 2. The Kier molecular flexibility index (Phi) is 4.56. The van der Waals surface area contributed by atoms with Crippen molar-refractivity contribution in [2.24, 2.45) is 0 Å². The molecule has 3 aromatic carbocycles. The highest BCUT2D eigenvalue weighted by Crippen LogP contribution is 2.30. The molecule has 1 unspecified atom stereocenters. The molecule has 0 aliphatic carbocycles. The van der Waals surface area contributed by atoms with Crippen molar-refractivity contribution >= 4 is 22.8 Å². The number of para-hydroxylation sites is 2. The Bertz CT molecular complexity index is 959. The summed E-state index contributed by atoms with van der Waals surface area (Å²) in [6.07, 6.45) is 3.20. The first-order chi connectivity index (χ1) is 12.8. The zero-order valence-corrected chi connectivity index (χ0v) is 14.2. The van der Waals surface area contributed by atoms with Gasteiger partial charge in [0.1, 0.15) is 12.7 Å². The van der Waals surface area contributed by atoms with Gasteiger partial charge in [0.15, 0.2) is 11.5 Å². The molecular weight excluding hydrogens is 326 g/mol. The van der Waals surface area contributed by atoms with E-state index in [2.05, 4.69) is 23.5 Å². The van der Waals surface area contributed by atoms with Crippen molar-refractivity contribution in [1.82, 2.24) is 5.32 Å². The molecule has 1 atom stereocenters. The fourth-order valence-corrected chi connectivity index (χ4v) is 3.00. The topological polar surface area (TPSA) is 47.6 Å². The van der Waals surface area contributed by atoms with Crippen LogP contribution in [0.3, 0.4) is 0 Å². The summed E-state index contributed by atoms with van der Waals surface area (Å²) in [5.41, 5.74) is 1.02. The van der Waals surface area contributed by atoms with Crippen molar-refractivity contribution in [2.75, 3.05) is 13.2 Å². The maximum Gasteiger partial charge on any atom is 0.244 e. The second-order valence-corrected chi connectivity index (χ2v) is 6.14. The molecule has 1 heterocycles. The van der Waals surface area contributed by atoms with Gasteiger partial charge in [0.05, 0.1) is 6.54 Å². The lowest BCUT2D eigenvalue weighted by Gasteiger charge is -2.26. The summed E-state index contributed by atoms with van der Waals surface area (Å²) in [6, 6.07) is 21.7. The quantitative estimate of drug-likeness (QED) is 0.732. The SMILES string of the molecule is O=C(C=Cc1cccc2ccccc12)NCC1COc2ccccc2O1. The first kappa shape index (κ1) is 16.2. The van der Waals surface area contributed by atoms with Crippen LogP contribution in [0, 0.1) is 0 Å². The van der Waals surface area contributed by atoms with Crippen molar-refractivity contribution in [1.29, 1.82) is 0 Å². The maximum atomic E-state index is 12.1. The molecule has 3 aromatic rings. The molecule has 0 spiro atoms. The molecule has 1 amide bonds. The van der Waals surface area contributed by atoms with E-state index in [4.69, 9.17) is 9.47 Å². The molecule has 0 saturated heterocycles. The smallest absolute Gasteiger partial charge is 0.244 e. The van der Waals surface area contributed by atoms with Gasteiger partial charge >= 0.3 is 0 Å². The molecule has 4 nitrogen and oxygen atoms in total. The summed E-state index contributed by atoms with van der Waals surface area (Å²) in [5, 5.41) is 5.15. The number of hydrogen-bond donors (Lipinski definition) is 1. The summed E-state index contributed by atoms with van der Waals surface area (Å²) in [7, 11) is 0. The molecule has 0 fully saturated rings. The lowest BCUT2D eigenvalue weighted by Crippen LogP contribution is -2.40. The minimum absolute atomic E-state index is 0.152. The molecule has 130 valence electrons. The molecule has 0 aromatic heterocycles. The van der Waals surface area contributed by atoms with Crippen LogP contribution >= 0.6 is 0 Å². The molecule has 0 bridgehead atoms. The van der Waals surface area contributed by atoms with Crippen LogP contribution in [0.15, 0.2) is 72.8 Å². The van der Waals surface area contributed by atoms with Crippen LogP contribution in [0.4, 0.5) is 0 Å². The highest BCUT2D eigenvalue weighted by Gasteiger charge is 2.20. The van der Waals surface area contributed by atoms with Gasteiger partial charge in [-0.25, -0.2) is 0 Å². The summed E-state index contributed by atoms with van der Waals surface area (Å²) < 4.78 is 11.5. The van der Waals surface area contributed by atoms with Gasteiger partial charge in [0.2, 0.25) is 5.91 Å². The van der Waals surface area contributed by atoms with Gasteiger partial charge in [-0.1, -0.05) is 54.6 Å². The van der Waals surface area contributed by atoms with Crippen molar-refractivity contribution in [3.05, 3.63) is 78.4 Å². The van der Waals surface area contributed by atoms with Crippen LogP contribution in [-0.4, -0.2) is 25.2 Å². The third-order valence-electron chi connectivity index (χ3n) is 4.31. The van der Waals surface area contributed by atoms with Crippen molar-refractivity contribution in [3.63, 3.8) is 0 Å². The Labute approximate surface area is 152 Å². The zero-order valence-electron chi connectivity index (χ0n) is 14.2. The number of carbonyl (C=O) groups excluding carboxylic acids is 1. The number of hydrogen-bond acceptors (Lipinski definition) is 3. The number of carbonyl (C=O) groups is 1. The second-order valence-electron chi connectivity index (χ2n) is 6.14.